The number of aryl methyl sites for hydroxylation is 1. The average Bonchev–Trinajstić information content (AvgIpc) is 2.54. The molecule has 4 nitrogen and oxygen atoms in total. The molecule has 1 aromatic heterocycles. The third-order valence-electron chi connectivity index (χ3n) is 3.94. The smallest absolute Gasteiger partial charge is 0.137 e. The summed E-state index contributed by atoms with van der Waals surface area (Å²) in [5.74, 6) is 2.26. The number of halogens is 1. The molecule has 1 atom stereocenters. The quantitative estimate of drug-likeness (QED) is 0.861. The van der Waals surface area contributed by atoms with Crippen molar-refractivity contribution in [1.82, 2.24) is 9.97 Å². The summed E-state index contributed by atoms with van der Waals surface area (Å²) in [4.78, 5) is 10.9. The van der Waals surface area contributed by atoms with Gasteiger partial charge in [-0.05, 0) is 31.9 Å². The monoisotopic (exact) mass is 317 g/mol. The van der Waals surface area contributed by atoms with Crippen molar-refractivity contribution >= 4 is 17.4 Å². The SMILES string of the molecule is Cc1cc(N2CCCC(COc3ccccc3Cl)C2)ncn1. The van der Waals surface area contributed by atoms with Crippen molar-refractivity contribution in [2.45, 2.75) is 19.8 Å². The number of para-hydroxylation sites is 1. The predicted octanol–water partition coefficient (Wildman–Crippen LogP) is 3.73. The molecular formula is C17H20ClN3O. The van der Waals surface area contributed by atoms with E-state index in [4.69, 9.17) is 16.3 Å². The zero-order valence-electron chi connectivity index (χ0n) is 12.7. The summed E-state index contributed by atoms with van der Waals surface area (Å²) in [6.45, 7) is 4.68. The molecule has 1 fully saturated rings. The zero-order valence-corrected chi connectivity index (χ0v) is 13.5. The molecule has 0 spiro atoms. The van der Waals surface area contributed by atoms with Crippen molar-refractivity contribution < 1.29 is 4.74 Å². The van der Waals surface area contributed by atoms with Gasteiger partial charge in [-0.15, -0.1) is 0 Å². The highest BCUT2D eigenvalue weighted by Gasteiger charge is 2.22. The van der Waals surface area contributed by atoms with Gasteiger partial charge in [0.05, 0.1) is 11.6 Å². The number of aromatic nitrogens is 2. The first-order chi connectivity index (χ1) is 10.7. The van der Waals surface area contributed by atoms with Crippen molar-refractivity contribution in [2.24, 2.45) is 5.92 Å². The number of rotatable bonds is 4. The van der Waals surface area contributed by atoms with Crippen molar-refractivity contribution in [3.05, 3.63) is 47.4 Å². The highest BCUT2D eigenvalue weighted by Crippen LogP contribution is 2.26. The van der Waals surface area contributed by atoms with Gasteiger partial charge in [0.2, 0.25) is 0 Å². The topological polar surface area (TPSA) is 38.2 Å². The summed E-state index contributed by atoms with van der Waals surface area (Å²) in [7, 11) is 0. The largest absolute Gasteiger partial charge is 0.492 e. The van der Waals surface area contributed by atoms with E-state index in [1.54, 1.807) is 6.33 Å². The molecule has 0 N–H and O–H groups in total. The van der Waals surface area contributed by atoms with Crippen LogP contribution in [0.1, 0.15) is 18.5 Å². The molecule has 2 heterocycles. The summed E-state index contributed by atoms with van der Waals surface area (Å²) >= 11 is 6.13. The Balaban J connectivity index is 1.60. The van der Waals surface area contributed by atoms with E-state index in [9.17, 15) is 0 Å². The molecule has 0 radical (unpaired) electrons. The Labute approximate surface area is 136 Å². The van der Waals surface area contributed by atoms with E-state index in [0.29, 0.717) is 17.5 Å². The number of piperidine rings is 1. The number of ether oxygens (including phenoxy) is 1. The molecule has 1 aliphatic heterocycles. The maximum absolute atomic E-state index is 6.13. The van der Waals surface area contributed by atoms with Gasteiger partial charge >= 0.3 is 0 Å². The molecule has 22 heavy (non-hydrogen) atoms. The first-order valence-corrected chi connectivity index (χ1v) is 8.01. The summed E-state index contributed by atoms with van der Waals surface area (Å²) in [5.41, 5.74) is 0.999. The molecule has 2 aromatic rings. The van der Waals surface area contributed by atoms with Crippen LogP contribution in [0.15, 0.2) is 36.7 Å². The van der Waals surface area contributed by atoms with Crippen molar-refractivity contribution in [3.8, 4) is 5.75 Å². The molecule has 0 saturated carbocycles. The van der Waals surface area contributed by atoms with E-state index in [0.717, 1.165) is 36.8 Å². The van der Waals surface area contributed by atoms with Crippen LogP contribution in [-0.2, 0) is 0 Å². The fourth-order valence-electron chi connectivity index (χ4n) is 2.79. The van der Waals surface area contributed by atoms with Crippen LogP contribution in [0.3, 0.4) is 0 Å². The molecular weight excluding hydrogens is 298 g/mol. The summed E-state index contributed by atoms with van der Waals surface area (Å²) in [6.07, 6.45) is 3.96. The fourth-order valence-corrected chi connectivity index (χ4v) is 2.98. The molecule has 3 rings (SSSR count). The van der Waals surface area contributed by atoms with E-state index < -0.39 is 0 Å². The van der Waals surface area contributed by atoms with Gasteiger partial charge in [0.25, 0.3) is 0 Å². The normalized spacial score (nSPS) is 18.3. The molecule has 5 heteroatoms. The molecule has 0 aliphatic carbocycles. The molecule has 0 amide bonds. The van der Waals surface area contributed by atoms with Gasteiger partial charge in [0.15, 0.2) is 0 Å². The summed E-state index contributed by atoms with van der Waals surface area (Å²) < 4.78 is 5.89. The van der Waals surface area contributed by atoms with E-state index in [-0.39, 0.29) is 0 Å². The Morgan fingerprint density at radius 3 is 3.00 bits per heavy atom. The van der Waals surface area contributed by atoms with Gasteiger partial charge in [-0.1, -0.05) is 23.7 Å². The minimum atomic E-state index is 0.486. The van der Waals surface area contributed by atoms with Crippen LogP contribution in [0.2, 0.25) is 5.02 Å². The molecule has 1 saturated heterocycles. The first-order valence-electron chi connectivity index (χ1n) is 7.63. The van der Waals surface area contributed by atoms with Gasteiger partial charge in [-0.3, -0.25) is 0 Å². The van der Waals surface area contributed by atoms with Crippen molar-refractivity contribution in [1.29, 1.82) is 0 Å². The van der Waals surface area contributed by atoms with E-state index >= 15 is 0 Å². The summed E-state index contributed by atoms with van der Waals surface area (Å²) in [6, 6.07) is 9.66. The van der Waals surface area contributed by atoms with Gasteiger partial charge < -0.3 is 9.64 Å². The molecule has 1 aliphatic rings. The van der Waals surface area contributed by atoms with Crippen LogP contribution in [0.25, 0.3) is 0 Å². The highest BCUT2D eigenvalue weighted by atomic mass is 35.5. The van der Waals surface area contributed by atoms with Crippen LogP contribution in [-0.4, -0.2) is 29.7 Å². The summed E-state index contributed by atoms with van der Waals surface area (Å²) in [5, 5.41) is 0.668. The van der Waals surface area contributed by atoms with Gasteiger partial charge in [-0.2, -0.15) is 0 Å². The van der Waals surface area contributed by atoms with Crippen LogP contribution in [0.5, 0.6) is 5.75 Å². The molecule has 1 unspecified atom stereocenters. The lowest BCUT2D eigenvalue weighted by Crippen LogP contribution is -2.38. The Morgan fingerprint density at radius 2 is 2.18 bits per heavy atom. The second-order valence-electron chi connectivity index (χ2n) is 5.71. The van der Waals surface area contributed by atoms with Crippen molar-refractivity contribution in [2.75, 3.05) is 24.6 Å². The lowest BCUT2D eigenvalue weighted by Gasteiger charge is -2.33. The molecule has 116 valence electrons. The standard InChI is InChI=1S/C17H20ClN3O/c1-13-9-17(20-12-19-13)21-8-4-5-14(10-21)11-22-16-7-3-2-6-15(16)18/h2-3,6-7,9,12,14H,4-5,8,10-11H2,1H3. The number of hydrogen-bond acceptors (Lipinski definition) is 4. The second-order valence-corrected chi connectivity index (χ2v) is 6.12. The Hall–Kier alpha value is -1.81. The second kappa shape index (κ2) is 6.97. The molecule has 0 bridgehead atoms. The molecule has 1 aromatic carbocycles. The maximum Gasteiger partial charge on any atom is 0.137 e. The lowest BCUT2D eigenvalue weighted by molar-refractivity contribution is 0.228. The Morgan fingerprint density at radius 1 is 1.32 bits per heavy atom. The fraction of sp³-hybridized carbons (Fsp3) is 0.412. The van der Waals surface area contributed by atoms with Crippen LogP contribution >= 0.6 is 11.6 Å². The number of benzene rings is 1. The van der Waals surface area contributed by atoms with Crippen molar-refractivity contribution in [3.63, 3.8) is 0 Å². The Kier molecular flexibility index (Phi) is 4.78. The van der Waals surface area contributed by atoms with Crippen LogP contribution < -0.4 is 9.64 Å². The third-order valence-corrected chi connectivity index (χ3v) is 4.26. The van der Waals surface area contributed by atoms with Gasteiger partial charge in [-0.25, -0.2) is 9.97 Å². The highest BCUT2D eigenvalue weighted by molar-refractivity contribution is 6.32. The lowest BCUT2D eigenvalue weighted by atomic mass is 9.99. The predicted molar refractivity (Wildman–Crippen MR) is 88.7 cm³/mol. The number of anilines is 1. The van der Waals surface area contributed by atoms with E-state index in [1.165, 1.54) is 6.42 Å². The van der Waals surface area contributed by atoms with Gasteiger partial charge in [0.1, 0.15) is 17.9 Å². The first kappa shape index (κ1) is 15.1. The Bertz CT molecular complexity index is 635. The van der Waals surface area contributed by atoms with Gasteiger partial charge in [0, 0.05) is 30.8 Å². The minimum absolute atomic E-state index is 0.486. The minimum Gasteiger partial charge on any atom is -0.492 e. The maximum atomic E-state index is 6.13. The van der Waals surface area contributed by atoms with E-state index in [1.807, 2.05) is 37.3 Å². The number of nitrogens with zero attached hydrogens (tertiary/aromatic N) is 3. The number of hydrogen-bond donors (Lipinski definition) is 0. The third kappa shape index (κ3) is 3.69. The van der Waals surface area contributed by atoms with Crippen LogP contribution in [0.4, 0.5) is 5.82 Å². The zero-order chi connectivity index (χ0) is 15.4. The average molecular weight is 318 g/mol. The van der Waals surface area contributed by atoms with Crippen LogP contribution in [0, 0.1) is 12.8 Å². The van der Waals surface area contributed by atoms with E-state index in [2.05, 4.69) is 14.9 Å².